The molecule has 0 saturated heterocycles. The largest absolute Gasteiger partial charge is 0.395 e. The van der Waals surface area contributed by atoms with Crippen molar-refractivity contribution in [2.24, 2.45) is 0 Å². The molecule has 0 atom stereocenters. The van der Waals surface area contributed by atoms with E-state index in [0.717, 1.165) is 18.2 Å². The molecule has 0 radical (unpaired) electrons. The number of rotatable bonds is 9. The van der Waals surface area contributed by atoms with Crippen LogP contribution in [0, 0.1) is 10.1 Å². The van der Waals surface area contributed by atoms with Crippen LogP contribution in [-0.2, 0) is 30.8 Å². The van der Waals surface area contributed by atoms with Gasteiger partial charge in [-0.1, -0.05) is 20.8 Å². The number of aliphatic hydroxyl groups is 2. The molecule has 14 heteroatoms. The number of nitro benzene ring substituents is 1. The van der Waals surface area contributed by atoms with Crippen LogP contribution in [0.2, 0.25) is 0 Å². The van der Waals surface area contributed by atoms with E-state index in [-0.39, 0.29) is 17.0 Å². The van der Waals surface area contributed by atoms with Crippen molar-refractivity contribution in [3.8, 4) is 5.69 Å². The SMILES string of the molecule is CC(C)(C)c1on(-c2ccc(S(=O)(=O)CCO)cc2[N+](=O)[O-])c(=O)c1CS(=O)(=O)CCO. The predicted molar refractivity (Wildman–Crippen MR) is 113 cm³/mol. The number of nitro groups is 1. The minimum absolute atomic E-state index is 0.0182. The van der Waals surface area contributed by atoms with E-state index in [0.29, 0.717) is 4.74 Å². The van der Waals surface area contributed by atoms with Crippen LogP contribution in [0.25, 0.3) is 5.69 Å². The Morgan fingerprint density at radius 2 is 1.69 bits per heavy atom. The molecular weight excluding hydrogens is 468 g/mol. The Kier molecular flexibility index (Phi) is 7.34. The lowest BCUT2D eigenvalue weighted by Gasteiger charge is -2.16. The molecule has 0 saturated carbocycles. The minimum Gasteiger partial charge on any atom is -0.395 e. The van der Waals surface area contributed by atoms with E-state index in [2.05, 4.69) is 0 Å². The summed E-state index contributed by atoms with van der Waals surface area (Å²) in [5.74, 6) is -1.99. The second-order valence-electron chi connectivity index (χ2n) is 8.01. The van der Waals surface area contributed by atoms with Crippen molar-refractivity contribution in [3.63, 3.8) is 0 Å². The Balaban J connectivity index is 2.78. The maximum Gasteiger partial charge on any atom is 0.297 e. The van der Waals surface area contributed by atoms with Gasteiger partial charge in [0.25, 0.3) is 11.2 Å². The smallest absolute Gasteiger partial charge is 0.297 e. The fourth-order valence-corrected chi connectivity index (χ4v) is 5.13. The first kappa shape index (κ1) is 25.7. The lowest BCUT2D eigenvalue weighted by atomic mass is 9.91. The van der Waals surface area contributed by atoms with Gasteiger partial charge in [0.1, 0.15) is 5.76 Å². The number of sulfone groups is 2. The monoisotopic (exact) mass is 492 g/mol. The van der Waals surface area contributed by atoms with Gasteiger partial charge in [-0.2, -0.15) is 0 Å². The Morgan fingerprint density at radius 3 is 2.19 bits per heavy atom. The number of hydrogen-bond donors (Lipinski definition) is 2. The summed E-state index contributed by atoms with van der Waals surface area (Å²) in [5.41, 5.74) is -3.19. The molecule has 0 aliphatic rings. The van der Waals surface area contributed by atoms with E-state index >= 15 is 0 Å². The lowest BCUT2D eigenvalue weighted by molar-refractivity contribution is -0.385. The molecule has 0 aliphatic heterocycles. The second-order valence-corrected chi connectivity index (χ2v) is 12.3. The second kappa shape index (κ2) is 9.13. The standard InChI is InChI=1S/C18H24N2O10S2/c1-18(2,3)16-13(11-31(26,27)8-6-21)17(23)19(30-16)14-5-4-12(10-15(14)20(24)25)32(28,29)9-7-22/h4-5,10,21-22H,6-9,11H2,1-3H3. The van der Waals surface area contributed by atoms with Gasteiger partial charge in [0.05, 0.1) is 45.9 Å². The number of aliphatic hydroxyl groups excluding tert-OH is 2. The summed E-state index contributed by atoms with van der Waals surface area (Å²) < 4.78 is 54.9. The fourth-order valence-electron chi connectivity index (χ4n) is 2.97. The number of benzene rings is 1. The van der Waals surface area contributed by atoms with Crippen LogP contribution < -0.4 is 5.56 Å². The highest BCUT2D eigenvalue weighted by Crippen LogP contribution is 2.31. The fraction of sp³-hybridized carbons (Fsp3) is 0.500. The quantitative estimate of drug-likeness (QED) is 0.364. The van der Waals surface area contributed by atoms with Crippen LogP contribution in [0.3, 0.4) is 0 Å². The average Bonchev–Trinajstić information content (AvgIpc) is 2.97. The molecule has 1 heterocycles. The third kappa shape index (κ3) is 5.43. The summed E-state index contributed by atoms with van der Waals surface area (Å²) in [4.78, 5) is 23.3. The van der Waals surface area contributed by atoms with Crippen molar-refractivity contribution < 1.29 is 36.5 Å². The van der Waals surface area contributed by atoms with E-state index in [1.54, 1.807) is 20.8 Å². The van der Waals surface area contributed by atoms with Gasteiger partial charge >= 0.3 is 0 Å². The van der Waals surface area contributed by atoms with Crippen LogP contribution in [-0.4, -0.2) is 61.4 Å². The van der Waals surface area contributed by atoms with E-state index in [4.69, 9.17) is 14.7 Å². The molecule has 0 aliphatic carbocycles. The van der Waals surface area contributed by atoms with Gasteiger partial charge in [0, 0.05) is 11.5 Å². The maximum atomic E-state index is 13.0. The Labute approximate surface area is 184 Å². The Hall–Kier alpha value is -2.55. The number of aromatic nitrogens is 1. The summed E-state index contributed by atoms with van der Waals surface area (Å²) in [7, 11) is -7.89. The summed E-state index contributed by atoms with van der Waals surface area (Å²) in [5, 5.41) is 29.5. The van der Waals surface area contributed by atoms with E-state index in [9.17, 15) is 31.7 Å². The zero-order valence-electron chi connectivity index (χ0n) is 17.6. The maximum absolute atomic E-state index is 13.0. The third-order valence-corrected chi connectivity index (χ3v) is 7.65. The van der Waals surface area contributed by atoms with Crippen molar-refractivity contribution in [1.29, 1.82) is 0 Å². The van der Waals surface area contributed by atoms with Gasteiger partial charge in [-0.15, -0.1) is 4.74 Å². The summed E-state index contributed by atoms with van der Waals surface area (Å²) >= 11 is 0. The molecule has 2 N–H and O–H groups in total. The molecule has 0 bridgehead atoms. The Morgan fingerprint density at radius 1 is 1.09 bits per heavy atom. The van der Waals surface area contributed by atoms with Crippen molar-refractivity contribution in [3.05, 3.63) is 50.0 Å². The molecule has 1 aromatic carbocycles. The first-order chi connectivity index (χ1) is 14.6. The van der Waals surface area contributed by atoms with Gasteiger partial charge in [-0.25, -0.2) is 16.8 Å². The molecule has 32 heavy (non-hydrogen) atoms. The normalized spacial score (nSPS) is 12.8. The van der Waals surface area contributed by atoms with Crippen molar-refractivity contribution in [1.82, 2.24) is 4.74 Å². The molecule has 12 nitrogen and oxygen atoms in total. The van der Waals surface area contributed by atoms with Crippen LogP contribution in [0.1, 0.15) is 32.1 Å². The van der Waals surface area contributed by atoms with Crippen LogP contribution >= 0.6 is 0 Å². The third-order valence-electron chi connectivity index (χ3n) is 4.43. The van der Waals surface area contributed by atoms with Crippen molar-refractivity contribution in [2.75, 3.05) is 24.7 Å². The molecule has 0 fully saturated rings. The molecule has 0 unspecified atom stereocenters. The number of nitrogens with zero attached hydrogens (tertiary/aromatic N) is 2. The summed E-state index contributed by atoms with van der Waals surface area (Å²) in [6, 6.07) is 2.78. The van der Waals surface area contributed by atoms with Gasteiger partial charge < -0.3 is 14.7 Å². The average molecular weight is 493 g/mol. The molecule has 178 valence electrons. The number of hydrogen-bond acceptors (Lipinski definition) is 10. The summed E-state index contributed by atoms with van der Waals surface area (Å²) in [6.45, 7) is 3.62. The highest BCUT2D eigenvalue weighted by Gasteiger charge is 2.33. The van der Waals surface area contributed by atoms with Crippen molar-refractivity contribution in [2.45, 2.75) is 36.8 Å². The molecule has 1 aromatic heterocycles. The van der Waals surface area contributed by atoms with E-state index < -0.39 is 76.6 Å². The van der Waals surface area contributed by atoms with Gasteiger partial charge in [-0.3, -0.25) is 14.9 Å². The van der Waals surface area contributed by atoms with Crippen LogP contribution in [0.5, 0.6) is 0 Å². The first-order valence-corrected chi connectivity index (χ1v) is 12.8. The van der Waals surface area contributed by atoms with Gasteiger partial charge in [0.15, 0.2) is 25.4 Å². The molecule has 2 aromatic rings. The molecule has 2 rings (SSSR count). The first-order valence-electron chi connectivity index (χ1n) is 9.34. The minimum atomic E-state index is -4.01. The van der Waals surface area contributed by atoms with Crippen molar-refractivity contribution >= 4 is 25.4 Å². The predicted octanol–water partition coefficient (Wildman–Crippen LogP) is 0.309. The van der Waals surface area contributed by atoms with Gasteiger partial charge in [-0.05, 0) is 12.1 Å². The zero-order valence-corrected chi connectivity index (χ0v) is 19.3. The Bertz CT molecular complexity index is 1280. The highest BCUT2D eigenvalue weighted by atomic mass is 32.2. The zero-order chi connectivity index (χ0) is 24.5. The highest BCUT2D eigenvalue weighted by molar-refractivity contribution is 7.91. The molecule has 0 spiro atoms. The van der Waals surface area contributed by atoms with Crippen LogP contribution in [0.4, 0.5) is 5.69 Å². The lowest BCUT2D eigenvalue weighted by Crippen LogP contribution is -2.23. The van der Waals surface area contributed by atoms with Crippen LogP contribution in [0.15, 0.2) is 32.4 Å². The molecular formula is C18H24N2O10S2. The van der Waals surface area contributed by atoms with Gasteiger partial charge in [0.2, 0.25) is 0 Å². The topological polar surface area (TPSA) is 187 Å². The summed E-state index contributed by atoms with van der Waals surface area (Å²) in [6.07, 6.45) is 0. The van der Waals surface area contributed by atoms with E-state index in [1.165, 1.54) is 0 Å². The molecule has 0 amide bonds. The van der Waals surface area contributed by atoms with E-state index in [1.807, 2.05) is 0 Å².